The maximum absolute atomic E-state index is 13.1. The molecule has 0 amide bonds. The van der Waals surface area contributed by atoms with Crippen molar-refractivity contribution in [1.82, 2.24) is 14.4 Å². The molecule has 8 heteroatoms. The van der Waals surface area contributed by atoms with Crippen molar-refractivity contribution >= 4 is 10.0 Å². The molecule has 0 unspecified atom stereocenters. The van der Waals surface area contributed by atoms with Crippen molar-refractivity contribution in [1.29, 1.82) is 0 Å². The summed E-state index contributed by atoms with van der Waals surface area (Å²) in [5, 5.41) is 4.23. The summed E-state index contributed by atoms with van der Waals surface area (Å²) in [5.41, 5.74) is 0.435. The molecule has 4 rings (SSSR count). The Morgan fingerprint density at radius 1 is 1.23 bits per heavy atom. The second kappa shape index (κ2) is 6.42. The first kappa shape index (κ1) is 17.6. The summed E-state index contributed by atoms with van der Waals surface area (Å²) >= 11 is 0. The minimum Gasteiger partial charge on any atom is -0.334 e. The Balaban J connectivity index is 1.60. The minimum absolute atomic E-state index is 0.246. The highest BCUT2D eigenvalue weighted by Crippen LogP contribution is 2.47. The predicted molar refractivity (Wildman–Crippen MR) is 94.4 cm³/mol. The van der Waals surface area contributed by atoms with Crippen LogP contribution in [0, 0.1) is 11.7 Å². The van der Waals surface area contributed by atoms with Crippen LogP contribution in [-0.4, -0.2) is 42.2 Å². The molecule has 2 fully saturated rings. The van der Waals surface area contributed by atoms with Crippen LogP contribution in [0.15, 0.2) is 28.8 Å². The van der Waals surface area contributed by atoms with Crippen LogP contribution < -0.4 is 0 Å². The van der Waals surface area contributed by atoms with Gasteiger partial charge in [-0.15, -0.1) is 0 Å². The van der Waals surface area contributed by atoms with Crippen molar-refractivity contribution in [2.24, 2.45) is 5.92 Å². The summed E-state index contributed by atoms with van der Waals surface area (Å²) in [6.07, 6.45) is 6.02. The third kappa shape index (κ3) is 3.53. The third-order valence-electron chi connectivity index (χ3n) is 5.52. The van der Waals surface area contributed by atoms with E-state index >= 15 is 0 Å². The van der Waals surface area contributed by atoms with Crippen LogP contribution in [0.3, 0.4) is 0 Å². The fourth-order valence-electron chi connectivity index (χ4n) is 3.79. The van der Waals surface area contributed by atoms with Gasteiger partial charge in [0, 0.05) is 24.1 Å². The average molecular weight is 379 g/mol. The van der Waals surface area contributed by atoms with Gasteiger partial charge in [-0.2, -0.15) is 4.98 Å². The lowest BCUT2D eigenvalue weighted by atomic mass is 9.74. The standard InChI is InChI=1S/C18H22FN3O3S/c1-26(23,24)22-10-8-18(9-11-22,12-13-2-3-13)17-20-16(25-21-17)14-4-6-15(19)7-5-14/h4-7,13H,2-3,8-12H2,1H3. The fourth-order valence-corrected chi connectivity index (χ4v) is 4.63. The zero-order valence-electron chi connectivity index (χ0n) is 14.7. The van der Waals surface area contributed by atoms with Crippen LogP contribution in [-0.2, 0) is 15.4 Å². The highest BCUT2D eigenvalue weighted by Gasteiger charge is 2.45. The second-order valence-corrected chi connectivity index (χ2v) is 9.50. The molecule has 26 heavy (non-hydrogen) atoms. The smallest absolute Gasteiger partial charge is 0.257 e. The van der Waals surface area contributed by atoms with Crippen molar-refractivity contribution in [2.45, 2.75) is 37.5 Å². The van der Waals surface area contributed by atoms with Crippen molar-refractivity contribution in [3.05, 3.63) is 35.9 Å². The van der Waals surface area contributed by atoms with E-state index in [2.05, 4.69) is 10.1 Å². The maximum atomic E-state index is 13.1. The second-order valence-electron chi connectivity index (χ2n) is 7.52. The number of nitrogens with zero attached hydrogens (tertiary/aromatic N) is 3. The molecule has 1 saturated heterocycles. The van der Waals surface area contributed by atoms with Gasteiger partial charge in [-0.05, 0) is 49.4 Å². The Morgan fingerprint density at radius 3 is 2.46 bits per heavy atom. The normalized spacial score (nSPS) is 21.0. The zero-order chi connectivity index (χ0) is 18.4. The number of hydrogen-bond donors (Lipinski definition) is 0. The van der Waals surface area contributed by atoms with Gasteiger partial charge < -0.3 is 4.52 Å². The molecule has 2 aromatic rings. The van der Waals surface area contributed by atoms with Crippen LogP contribution >= 0.6 is 0 Å². The van der Waals surface area contributed by atoms with Crippen LogP contribution in [0.25, 0.3) is 11.5 Å². The summed E-state index contributed by atoms with van der Waals surface area (Å²) in [5.74, 6) is 1.37. The largest absolute Gasteiger partial charge is 0.334 e. The predicted octanol–water partition coefficient (Wildman–Crippen LogP) is 2.97. The summed E-state index contributed by atoms with van der Waals surface area (Å²) < 4.78 is 43.8. The van der Waals surface area contributed by atoms with E-state index in [0.29, 0.717) is 49.1 Å². The van der Waals surface area contributed by atoms with Gasteiger partial charge in [0.2, 0.25) is 10.0 Å². The molecule has 2 aliphatic rings. The number of aromatic nitrogens is 2. The van der Waals surface area contributed by atoms with Gasteiger partial charge >= 0.3 is 0 Å². The molecule has 1 aliphatic heterocycles. The van der Waals surface area contributed by atoms with E-state index in [-0.39, 0.29) is 11.2 Å². The summed E-state index contributed by atoms with van der Waals surface area (Å²) in [7, 11) is -3.18. The van der Waals surface area contributed by atoms with Crippen molar-refractivity contribution in [2.75, 3.05) is 19.3 Å². The lowest BCUT2D eigenvalue weighted by Gasteiger charge is -2.39. The summed E-state index contributed by atoms with van der Waals surface area (Å²) in [6, 6.07) is 5.96. The Morgan fingerprint density at radius 2 is 1.88 bits per heavy atom. The fraction of sp³-hybridized carbons (Fsp3) is 0.556. The highest BCUT2D eigenvalue weighted by atomic mass is 32.2. The Kier molecular flexibility index (Phi) is 4.35. The van der Waals surface area contributed by atoms with Gasteiger partial charge in [0.05, 0.1) is 6.26 Å². The number of halogens is 1. The molecule has 6 nitrogen and oxygen atoms in total. The van der Waals surface area contributed by atoms with Crippen LogP contribution in [0.4, 0.5) is 4.39 Å². The molecule has 0 atom stereocenters. The molecule has 2 heterocycles. The van der Waals surface area contributed by atoms with Gasteiger partial charge in [0.15, 0.2) is 5.82 Å². The molecule has 140 valence electrons. The molecular formula is C18H22FN3O3S. The highest BCUT2D eigenvalue weighted by molar-refractivity contribution is 7.88. The average Bonchev–Trinajstić information content (AvgIpc) is 3.26. The van der Waals surface area contributed by atoms with Gasteiger partial charge in [-0.3, -0.25) is 0 Å². The van der Waals surface area contributed by atoms with E-state index < -0.39 is 10.0 Å². The Labute approximate surface area is 152 Å². The number of hydrogen-bond acceptors (Lipinski definition) is 5. The van der Waals surface area contributed by atoms with E-state index in [1.54, 1.807) is 12.1 Å². The maximum Gasteiger partial charge on any atom is 0.257 e. The van der Waals surface area contributed by atoms with Crippen LogP contribution in [0.5, 0.6) is 0 Å². The molecule has 0 bridgehead atoms. The van der Waals surface area contributed by atoms with Gasteiger partial charge in [0.1, 0.15) is 5.82 Å². The van der Waals surface area contributed by atoms with Crippen molar-refractivity contribution in [3.8, 4) is 11.5 Å². The lowest BCUT2D eigenvalue weighted by Crippen LogP contribution is -2.45. The molecular weight excluding hydrogens is 357 g/mol. The zero-order valence-corrected chi connectivity index (χ0v) is 15.5. The lowest BCUT2D eigenvalue weighted by molar-refractivity contribution is 0.198. The van der Waals surface area contributed by atoms with E-state index in [1.807, 2.05) is 0 Å². The van der Waals surface area contributed by atoms with E-state index in [1.165, 1.54) is 35.5 Å². The van der Waals surface area contributed by atoms with Crippen LogP contribution in [0.2, 0.25) is 0 Å². The Hall–Kier alpha value is -1.80. The van der Waals surface area contributed by atoms with Crippen LogP contribution in [0.1, 0.15) is 37.9 Å². The quantitative estimate of drug-likeness (QED) is 0.798. The number of rotatable bonds is 5. The first-order valence-electron chi connectivity index (χ1n) is 8.91. The van der Waals surface area contributed by atoms with Gasteiger partial charge in [0.25, 0.3) is 5.89 Å². The van der Waals surface area contributed by atoms with Gasteiger partial charge in [-0.1, -0.05) is 18.0 Å². The monoisotopic (exact) mass is 379 g/mol. The van der Waals surface area contributed by atoms with Crippen molar-refractivity contribution < 1.29 is 17.3 Å². The molecule has 1 aromatic carbocycles. The van der Waals surface area contributed by atoms with Gasteiger partial charge in [-0.25, -0.2) is 17.1 Å². The third-order valence-corrected chi connectivity index (χ3v) is 6.82. The minimum atomic E-state index is -3.18. The topological polar surface area (TPSA) is 76.3 Å². The first-order valence-corrected chi connectivity index (χ1v) is 10.8. The molecule has 0 N–H and O–H groups in total. The van der Waals surface area contributed by atoms with E-state index in [4.69, 9.17) is 4.52 Å². The number of benzene rings is 1. The molecule has 0 radical (unpaired) electrons. The SMILES string of the molecule is CS(=O)(=O)N1CCC(CC2CC2)(c2noc(-c3ccc(F)cc3)n2)CC1. The van der Waals surface area contributed by atoms with E-state index in [0.717, 1.165) is 6.42 Å². The number of piperidine rings is 1. The number of sulfonamides is 1. The molecule has 1 aromatic heterocycles. The molecule has 1 aliphatic carbocycles. The molecule has 0 spiro atoms. The van der Waals surface area contributed by atoms with E-state index in [9.17, 15) is 12.8 Å². The molecule has 1 saturated carbocycles. The van der Waals surface area contributed by atoms with Crippen molar-refractivity contribution in [3.63, 3.8) is 0 Å². The summed E-state index contributed by atoms with van der Waals surface area (Å²) in [4.78, 5) is 4.61. The Bertz CT molecular complexity index is 883. The summed E-state index contributed by atoms with van der Waals surface area (Å²) in [6.45, 7) is 0.956. The first-order chi connectivity index (χ1) is 12.4.